The summed E-state index contributed by atoms with van der Waals surface area (Å²) in [6.07, 6.45) is 2.69. The number of hydrogen-bond donors (Lipinski definition) is 1. The smallest absolute Gasteiger partial charge is 0.156 e. The molecule has 1 N–H and O–H groups in total. The Labute approximate surface area is 59.1 Å². The maximum Gasteiger partial charge on any atom is 0.156 e. The van der Waals surface area contributed by atoms with Crippen LogP contribution in [-0.4, -0.2) is 23.5 Å². The van der Waals surface area contributed by atoms with Crippen molar-refractivity contribution in [2.24, 2.45) is 4.99 Å². The van der Waals surface area contributed by atoms with Gasteiger partial charge in [0.25, 0.3) is 0 Å². The molecule has 0 spiro atoms. The third kappa shape index (κ3) is 1.39. The van der Waals surface area contributed by atoms with Crippen LogP contribution in [-0.2, 0) is 0 Å². The molecule has 1 aliphatic carbocycles. The van der Waals surface area contributed by atoms with E-state index in [1.165, 1.54) is 23.8 Å². The van der Waals surface area contributed by atoms with Crippen molar-refractivity contribution >= 4 is 16.9 Å². The number of nitrogens with zero attached hydrogens (tertiary/aromatic N) is 1. The summed E-state index contributed by atoms with van der Waals surface area (Å²) in [5.74, 6) is 1.18. The Balaban J connectivity index is 1.82. The van der Waals surface area contributed by atoms with Crippen LogP contribution in [0.15, 0.2) is 4.99 Å². The van der Waals surface area contributed by atoms with Gasteiger partial charge in [0, 0.05) is 11.8 Å². The second kappa shape index (κ2) is 2.21. The zero-order valence-corrected chi connectivity index (χ0v) is 6.08. The Morgan fingerprint density at radius 2 is 2.44 bits per heavy atom. The summed E-state index contributed by atoms with van der Waals surface area (Å²) in [6.45, 7) is 1.01. The van der Waals surface area contributed by atoms with E-state index in [0.717, 1.165) is 12.6 Å². The number of nitrogens with one attached hydrogen (secondary N) is 1. The number of amidine groups is 1. The van der Waals surface area contributed by atoms with Crippen molar-refractivity contribution in [3.05, 3.63) is 0 Å². The minimum atomic E-state index is 0.773. The van der Waals surface area contributed by atoms with Crippen molar-refractivity contribution in [1.82, 2.24) is 5.32 Å². The van der Waals surface area contributed by atoms with Gasteiger partial charge in [0.1, 0.15) is 0 Å². The van der Waals surface area contributed by atoms with E-state index in [0.29, 0.717) is 0 Å². The molecule has 0 saturated heterocycles. The first-order valence-corrected chi connectivity index (χ1v) is 4.37. The highest BCUT2D eigenvalue weighted by Gasteiger charge is 2.23. The topological polar surface area (TPSA) is 24.4 Å². The van der Waals surface area contributed by atoms with Gasteiger partial charge in [0.05, 0.1) is 6.54 Å². The molecule has 0 aromatic rings. The molecule has 2 rings (SSSR count). The molecule has 2 nitrogen and oxygen atoms in total. The standard InChI is InChI=1S/C6H10N2S/c1-2-5(1)8-6-7-3-4-9-6/h5H,1-4H2,(H,7,8). The lowest BCUT2D eigenvalue weighted by atomic mass is 10.7. The van der Waals surface area contributed by atoms with Crippen molar-refractivity contribution in [2.45, 2.75) is 18.9 Å². The van der Waals surface area contributed by atoms with Crippen LogP contribution in [0.5, 0.6) is 0 Å². The Morgan fingerprint density at radius 3 is 3.00 bits per heavy atom. The summed E-state index contributed by atoms with van der Waals surface area (Å²) >= 11 is 1.85. The molecule has 50 valence electrons. The third-order valence-electron chi connectivity index (χ3n) is 1.49. The third-order valence-corrected chi connectivity index (χ3v) is 2.40. The Morgan fingerprint density at radius 1 is 1.56 bits per heavy atom. The van der Waals surface area contributed by atoms with E-state index in [1.54, 1.807) is 0 Å². The van der Waals surface area contributed by atoms with Crippen LogP contribution in [0.1, 0.15) is 12.8 Å². The van der Waals surface area contributed by atoms with Crippen LogP contribution in [0, 0.1) is 0 Å². The molecule has 1 aliphatic heterocycles. The Hall–Kier alpha value is -0.180. The fourth-order valence-electron chi connectivity index (χ4n) is 0.825. The van der Waals surface area contributed by atoms with E-state index in [9.17, 15) is 0 Å². The zero-order chi connectivity index (χ0) is 6.10. The van der Waals surface area contributed by atoms with E-state index in [-0.39, 0.29) is 0 Å². The highest BCUT2D eigenvalue weighted by molar-refractivity contribution is 8.14. The summed E-state index contributed by atoms with van der Waals surface area (Å²) in [5.41, 5.74) is 0. The Bertz CT molecular complexity index is 140. The number of aliphatic imine (C=N–C) groups is 1. The summed E-state index contributed by atoms with van der Waals surface area (Å²) in [5, 5.41) is 4.54. The highest BCUT2D eigenvalue weighted by Crippen LogP contribution is 2.21. The molecule has 1 fully saturated rings. The predicted octanol–water partition coefficient (Wildman–Crippen LogP) is 0.841. The maximum absolute atomic E-state index is 4.28. The molecular formula is C6H10N2S. The van der Waals surface area contributed by atoms with Crippen LogP contribution in [0.25, 0.3) is 0 Å². The highest BCUT2D eigenvalue weighted by atomic mass is 32.2. The Kier molecular flexibility index (Phi) is 1.38. The van der Waals surface area contributed by atoms with Gasteiger partial charge >= 0.3 is 0 Å². The van der Waals surface area contributed by atoms with Crippen LogP contribution in [0.4, 0.5) is 0 Å². The van der Waals surface area contributed by atoms with Crippen LogP contribution in [0.2, 0.25) is 0 Å². The molecule has 1 heterocycles. The van der Waals surface area contributed by atoms with E-state index < -0.39 is 0 Å². The van der Waals surface area contributed by atoms with Crippen LogP contribution in [0.3, 0.4) is 0 Å². The van der Waals surface area contributed by atoms with Gasteiger partial charge in [-0.15, -0.1) is 0 Å². The van der Waals surface area contributed by atoms with E-state index in [4.69, 9.17) is 0 Å². The number of thioether (sulfide) groups is 1. The molecule has 0 atom stereocenters. The lowest BCUT2D eigenvalue weighted by molar-refractivity contribution is 0.916. The van der Waals surface area contributed by atoms with Gasteiger partial charge in [-0.05, 0) is 12.8 Å². The molecule has 0 aromatic carbocycles. The molecule has 0 bridgehead atoms. The predicted molar refractivity (Wildman–Crippen MR) is 40.9 cm³/mol. The minimum absolute atomic E-state index is 0.773. The molecule has 0 unspecified atom stereocenters. The molecular weight excluding hydrogens is 132 g/mol. The lowest BCUT2D eigenvalue weighted by Gasteiger charge is -1.99. The maximum atomic E-state index is 4.28. The van der Waals surface area contributed by atoms with E-state index in [1.807, 2.05) is 11.8 Å². The first kappa shape index (κ1) is 5.59. The van der Waals surface area contributed by atoms with Gasteiger partial charge in [-0.25, -0.2) is 0 Å². The lowest BCUT2D eigenvalue weighted by Crippen LogP contribution is -2.20. The first-order valence-electron chi connectivity index (χ1n) is 3.39. The summed E-state index contributed by atoms with van der Waals surface area (Å²) in [4.78, 5) is 4.28. The monoisotopic (exact) mass is 142 g/mol. The molecule has 0 aromatic heterocycles. The molecule has 3 heteroatoms. The van der Waals surface area contributed by atoms with Crippen molar-refractivity contribution in [1.29, 1.82) is 0 Å². The fraction of sp³-hybridized carbons (Fsp3) is 0.833. The molecule has 0 radical (unpaired) electrons. The summed E-state index contributed by atoms with van der Waals surface area (Å²) < 4.78 is 0. The van der Waals surface area contributed by atoms with Crippen molar-refractivity contribution in [3.63, 3.8) is 0 Å². The largest absolute Gasteiger partial charge is 0.362 e. The zero-order valence-electron chi connectivity index (χ0n) is 5.26. The molecule has 2 aliphatic rings. The van der Waals surface area contributed by atoms with Crippen LogP contribution >= 0.6 is 11.8 Å². The van der Waals surface area contributed by atoms with E-state index in [2.05, 4.69) is 10.3 Å². The summed E-state index contributed by atoms with van der Waals surface area (Å²) in [6, 6.07) is 0.773. The molecule has 9 heavy (non-hydrogen) atoms. The average molecular weight is 142 g/mol. The number of hydrogen-bond acceptors (Lipinski definition) is 3. The normalized spacial score (nSPS) is 26.0. The summed E-state index contributed by atoms with van der Waals surface area (Å²) in [7, 11) is 0. The van der Waals surface area contributed by atoms with Gasteiger partial charge in [-0.3, -0.25) is 4.99 Å². The first-order chi connectivity index (χ1) is 4.45. The second-order valence-electron chi connectivity index (χ2n) is 2.45. The minimum Gasteiger partial charge on any atom is -0.362 e. The average Bonchev–Trinajstić information content (AvgIpc) is 2.46. The fourth-order valence-corrected chi connectivity index (χ4v) is 1.63. The van der Waals surface area contributed by atoms with Crippen molar-refractivity contribution in [2.75, 3.05) is 12.3 Å². The van der Waals surface area contributed by atoms with Gasteiger partial charge in [0.2, 0.25) is 0 Å². The van der Waals surface area contributed by atoms with Gasteiger partial charge in [0.15, 0.2) is 5.17 Å². The quantitative estimate of drug-likeness (QED) is 0.586. The van der Waals surface area contributed by atoms with Gasteiger partial charge < -0.3 is 5.32 Å². The van der Waals surface area contributed by atoms with E-state index >= 15 is 0 Å². The van der Waals surface area contributed by atoms with Gasteiger partial charge in [-0.2, -0.15) is 0 Å². The number of rotatable bonds is 1. The second-order valence-corrected chi connectivity index (χ2v) is 3.54. The molecule has 1 saturated carbocycles. The SMILES string of the molecule is C1CSC(NC2CC2)=N1. The van der Waals surface area contributed by atoms with Crippen molar-refractivity contribution in [3.8, 4) is 0 Å². The molecule has 0 amide bonds. The van der Waals surface area contributed by atoms with Crippen molar-refractivity contribution < 1.29 is 0 Å². The van der Waals surface area contributed by atoms with Crippen LogP contribution < -0.4 is 5.32 Å². The van der Waals surface area contributed by atoms with Gasteiger partial charge in [-0.1, -0.05) is 11.8 Å².